The number of nitrogens with zero attached hydrogens (tertiary/aromatic N) is 4. The Balaban J connectivity index is 1.94. The number of aryl methyl sites for hydroxylation is 1. The van der Waals surface area contributed by atoms with Crippen molar-refractivity contribution >= 4 is 51.7 Å². The molecule has 0 saturated carbocycles. The predicted molar refractivity (Wildman–Crippen MR) is 122 cm³/mol. The Morgan fingerprint density at radius 2 is 1.93 bits per heavy atom. The van der Waals surface area contributed by atoms with Crippen molar-refractivity contribution in [3.8, 4) is 0 Å². The Kier molecular flexibility index (Phi) is 5.25. The number of rotatable bonds is 2. The average molecular weight is 429 g/mol. The quantitative estimate of drug-likeness (QED) is 0.540. The van der Waals surface area contributed by atoms with Crippen molar-refractivity contribution in [1.29, 1.82) is 0 Å². The molecule has 2 atom stereocenters. The van der Waals surface area contributed by atoms with Crippen LogP contribution in [0, 0.1) is 18.8 Å². The molecule has 0 N–H and O–H groups in total. The molecule has 29 heavy (non-hydrogen) atoms. The number of amides is 1. The fourth-order valence-corrected chi connectivity index (χ4v) is 5.34. The van der Waals surface area contributed by atoms with Gasteiger partial charge in [-0.1, -0.05) is 43.9 Å². The number of piperidine rings is 1. The van der Waals surface area contributed by atoms with E-state index in [9.17, 15) is 9.59 Å². The molecule has 2 aromatic rings. The van der Waals surface area contributed by atoms with Crippen molar-refractivity contribution < 1.29 is 4.79 Å². The summed E-state index contributed by atoms with van der Waals surface area (Å²) in [4.78, 5) is 35.0. The van der Waals surface area contributed by atoms with Gasteiger partial charge in [-0.05, 0) is 42.9 Å². The number of aromatic nitrogens is 2. The molecule has 0 bridgehead atoms. The van der Waals surface area contributed by atoms with Crippen LogP contribution in [0.5, 0.6) is 0 Å². The van der Waals surface area contributed by atoms with Crippen LogP contribution < -0.4 is 10.5 Å². The highest BCUT2D eigenvalue weighted by Crippen LogP contribution is 2.33. The number of fused-ring (bicyclic) bond motifs is 1. The molecule has 0 aromatic carbocycles. The Labute approximate surface area is 179 Å². The third kappa shape index (κ3) is 3.59. The van der Waals surface area contributed by atoms with E-state index < -0.39 is 0 Å². The van der Waals surface area contributed by atoms with Gasteiger partial charge in [-0.2, -0.15) is 0 Å². The minimum Gasteiger partial charge on any atom is -0.355 e. The number of hydrogen-bond donors (Lipinski definition) is 0. The summed E-state index contributed by atoms with van der Waals surface area (Å²) in [6.07, 6.45) is 4.56. The maximum Gasteiger partial charge on any atom is 0.267 e. The van der Waals surface area contributed by atoms with E-state index in [0.29, 0.717) is 38.1 Å². The van der Waals surface area contributed by atoms with Crippen LogP contribution in [0.2, 0.25) is 0 Å². The van der Waals surface area contributed by atoms with Gasteiger partial charge in [0.25, 0.3) is 11.5 Å². The summed E-state index contributed by atoms with van der Waals surface area (Å²) in [5.41, 5.74) is 1.87. The van der Waals surface area contributed by atoms with Crippen LogP contribution in [-0.4, -0.2) is 44.6 Å². The molecule has 0 unspecified atom stereocenters. The van der Waals surface area contributed by atoms with Gasteiger partial charge in [-0.3, -0.25) is 18.9 Å². The third-order valence-electron chi connectivity index (χ3n) is 5.49. The van der Waals surface area contributed by atoms with Crippen molar-refractivity contribution in [3.05, 3.63) is 44.7 Å². The minimum absolute atomic E-state index is 0.166. The second kappa shape index (κ2) is 7.57. The molecule has 4 heterocycles. The Morgan fingerprint density at radius 1 is 1.24 bits per heavy atom. The maximum atomic E-state index is 13.4. The molecule has 2 aliphatic rings. The van der Waals surface area contributed by atoms with Crippen LogP contribution in [0.15, 0.2) is 28.0 Å². The first-order valence-corrected chi connectivity index (χ1v) is 11.0. The van der Waals surface area contributed by atoms with Crippen LogP contribution >= 0.6 is 24.0 Å². The van der Waals surface area contributed by atoms with Gasteiger partial charge in [0, 0.05) is 26.3 Å². The molecule has 2 aromatic heterocycles. The second-order valence-electron chi connectivity index (χ2n) is 8.13. The summed E-state index contributed by atoms with van der Waals surface area (Å²) < 4.78 is 2.06. The molecule has 0 aliphatic carbocycles. The van der Waals surface area contributed by atoms with E-state index in [1.807, 2.05) is 19.1 Å². The molecule has 2 saturated heterocycles. The largest absolute Gasteiger partial charge is 0.355 e. The molecule has 2 aliphatic heterocycles. The standard InChI is InChI=1S/C21H24N4O2S2/c1-12-8-13(2)11-24(10-12)18-15(9-16-20(27)23(4)21(28)29-16)19(26)25-7-5-6-14(3)17(25)22-18/h5-7,9,12-13H,8,10-11H2,1-4H3/b16-9+/t12-,13-/m1/s1. The van der Waals surface area contributed by atoms with E-state index in [1.54, 1.807) is 23.7 Å². The van der Waals surface area contributed by atoms with E-state index in [4.69, 9.17) is 17.2 Å². The van der Waals surface area contributed by atoms with E-state index in [-0.39, 0.29) is 11.5 Å². The lowest BCUT2D eigenvalue weighted by Crippen LogP contribution is -2.40. The molecule has 4 rings (SSSR count). The van der Waals surface area contributed by atoms with Gasteiger partial charge < -0.3 is 4.90 Å². The normalized spacial score (nSPS) is 24.2. The van der Waals surface area contributed by atoms with Gasteiger partial charge >= 0.3 is 0 Å². The van der Waals surface area contributed by atoms with Crippen LogP contribution in [0.3, 0.4) is 0 Å². The van der Waals surface area contributed by atoms with Crippen molar-refractivity contribution in [2.45, 2.75) is 27.2 Å². The third-order valence-corrected chi connectivity index (χ3v) is 6.98. The van der Waals surface area contributed by atoms with Crippen molar-refractivity contribution in [2.24, 2.45) is 11.8 Å². The molecular weight excluding hydrogens is 404 g/mol. The van der Waals surface area contributed by atoms with Gasteiger partial charge in [0.15, 0.2) is 0 Å². The Bertz CT molecular complexity index is 1100. The first-order valence-electron chi connectivity index (χ1n) is 9.74. The van der Waals surface area contributed by atoms with E-state index in [0.717, 1.165) is 25.1 Å². The number of thioether (sulfide) groups is 1. The lowest BCUT2D eigenvalue weighted by Gasteiger charge is -2.36. The van der Waals surface area contributed by atoms with Crippen LogP contribution in [0.4, 0.5) is 5.82 Å². The Hall–Kier alpha value is -2.19. The van der Waals surface area contributed by atoms with Gasteiger partial charge in [-0.25, -0.2) is 4.98 Å². The number of carbonyl (C=O) groups excluding carboxylic acids is 1. The SMILES string of the molecule is Cc1cccn2c(=O)c(/C=C3/SC(=S)N(C)C3=O)c(N3C[C@H](C)C[C@@H](C)C3)nc12. The first kappa shape index (κ1) is 20.1. The Morgan fingerprint density at radius 3 is 2.55 bits per heavy atom. The van der Waals surface area contributed by atoms with E-state index in [1.165, 1.54) is 16.7 Å². The number of thiocarbonyl (C=S) groups is 1. The smallest absolute Gasteiger partial charge is 0.267 e. The molecule has 152 valence electrons. The zero-order valence-corrected chi connectivity index (χ0v) is 18.6. The number of carbonyl (C=O) groups is 1. The van der Waals surface area contributed by atoms with Gasteiger partial charge in [-0.15, -0.1) is 0 Å². The molecule has 0 radical (unpaired) electrons. The second-order valence-corrected chi connectivity index (χ2v) is 9.81. The highest BCUT2D eigenvalue weighted by Gasteiger charge is 2.31. The fourth-order valence-electron chi connectivity index (χ4n) is 4.18. The van der Waals surface area contributed by atoms with Gasteiger partial charge in [0.2, 0.25) is 0 Å². The topological polar surface area (TPSA) is 57.9 Å². The first-order chi connectivity index (χ1) is 13.8. The van der Waals surface area contributed by atoms with Crippen molar-refractivity contribution in [2.75, 3.05) is 25.0 Å². The number of anilines is 1. The molecule has 0 spiro atoms. The van der Waals surface area contributed by atoms with Crippen LogP contribution in [0.25, 0.3) is 11.7 Å². The predicted octanol–water partition coefficient (Wildman–Crippen LogP) is 3.32. The van der Waals surface area contributed by atoms with Crippen molar-refractivity contribution in [1.82, 2.24) is 14.3 Å². The zero-order chi connectivity index (χ0) is 20.9. The molecular formula is C21H24N4O2S2. The van der Waals surface area contributed by atoms with E-state index in [2.05, 4.69) is 18.7 Å². The summed E-state index contributed by atoms with van der Waals surface area (Å²) in [6, 6.07) is 3.79. The fraction of sp³-hybridized carbons (Fsp3) is 0.429. The van der Waals surface area contributed by atoms with Crippen LogP contribution in [0.1, 0.15) is 31.4 Å². The average Bonchev–Trinajstić information content (AvgIpc) is 2.90. The number of hydrogen-bond acceptors (Lipinski definition) is 6. The molecule has 1 amide bonds. The highest BCUT2D eigenvalue weighted by molar-refractivity contribution is 8.26. The molecule has 2 fully saturated rings. The summed E-state index contributed by atoms with van der Waals surface area (Å²) in [5, 5.41) is 0. The minimum atomic E-state index is -0.180. The van der Waals surface area contributed by atoms with Gasteiger partial charge in [0.1, 0.15) is 15.8 Å². The maximum absolute atomic E-state index is 13.4. The van der Waals surface area contributed by atoms with Crippen LogP contribution in [-0.2, 0) is 4.79 Å². The summed E-state index contributed by atoms with van der Waals surface area (Å²) in [5.74, 6) is 1.50. The van der Waals surface area contributed by atoms with Gasteiger partial charge in [0.05, 0.1) is 10.5 Å². The van der Waals surface area contributed by atoms with E-state index >= 15 is 0 Å². The number of pyridine rings is 1. The summed E-state index contributed by atoms with van der Waals surface area (Å²) in [6.45, 7) is 8.09. The summed E-state index contributed by atoms with van der Waals surface area (Å²) in [7, 11) is 1.66. The molecule has 6 nitrogen and oxygen atoms in total. The molecule has 8 heteroatoms. The monoisotopic (exact) mass is 428 g/mol. The van der Waals surface area contributed by atoms with Crippen molar-refractivity contribution in [3.63, 3.8) is 0 Å². The zero-order valence-electron chi connectivity index (χ0n) is 17.0. The highest BCUT2D eigenvalue weighted by atomic mass is 32.2. The summed E-state index contributed by atoms with van der Waals surface area (Å²) >= 11 is 6.47. The number of likely N-dealkylation sites (N-methyl/N-ethyl adjacent to an activating group) is 1. The lowest BCUT2D eigenvalue weighted by molar-refractivity contribution is -0.121. The lowest BCUT2D eigenvalue weighted by atomic mass is 9.91.